The van der Waals surface area contributed by atoms with Crippen LogP contribution in [0.1, 0.15) is 37.4 Å². The van der Waals surface area contributed by atoms with Crippen LogP contribution in [0.2, 0.25) is 0 Å². The summed E-state index contributed by atoms with van der Waals surface area (Å²) in [6.07, 6.45) is 0. The summed E-state index contributed by atoms with van der Waals surface area (Å²) in [5, 5.41) is 9.03. The molecule has 4 heteroatoms. The third kappa shape index (κ3) is 1.65. The van der Waals surface area contributed by atoms with Crippen LogP contribution in [-0.4, -0.2) is 17.0 Å². The van der Waals surface area contributed by atoms with Crippen LogP contribution in [0.15, 0.2) is 42.5 Å². The highest BCUT2D eigenvalue weighted by atomic mass is 16.1. The van der Waals surface area contributed by atoms with Crippen LogP contribution in [0.3, 0.4) is 0 Å². The Balaban J connectivity index is 0.00000133. The fourth-order valence-corrected chi connectivity index (χ4v) is 2.24. The van der Waals surface area contributed by atoms with Gasteiger partial charge >= 0.3 is 0 Å². The van der Waals surface area contributed by atoms with E-state index in [0.717, 1.165) is 0 Å². The molecular weight excluding hydrogens is 242 g/mol. The standard InChI is InChI=1S/C15H7NO2.H2O/c16-8-9-4-3-7-12-13(9)15(18)11-6-2-1-5-10(11)14(12)17;/h1-7H;1H2. The molecule has 0 spiro atoms. The molecule has 19 heavy (non-hydrogen) atoms. The Hall–Kier alpha value is -2.77. The van der Waals surface area contributed by atoms with Crippen LogP contribution in [0, 0.1) is 11.3 Å². The average molecular weight is 251 g/mol. The second kappa shape index (κ2) is 4.48. The summed E-state index contributed by atoms with van der Waals surface area (Å²) in [5.74, 6) is -0.449. The van der Waals surface area contributed by atoms with Crippen molar-refractivity contribution in [3.05, 3.63) is 70.3 Å². The van der Waals surface area contributed by atoms with Gasteiger partial charge in [0, 0.05) is 16.7 Å². The van der Waals surface area contributed by atoms with Crippen molar-refractivity contribution < 1.29 is 15.1 Å². The molecule has 4 nitrogen and oxygen atoms in total. The molecule has 1 aliphatic carbocycles. The van der Waals surface area contributed by atoms with E-state index in [0.29, 0.717) is 16.7 Å². The maximum absolute atomic E-state index is 12.3. The fraction of sp³-hybridized carbons (Fsp3) is 0. The first kappa shape index (κ1) is 12.7. The van der Waals surface area contributed by atoms with Gasteiger partial charge in [-0.05, 0) is 6.07 Å². The highest BCUT2D eigenvalue weighted by Crippen LogP contribution is 2.28. The Morgan fingerprint density at radius 3 is 2.00 bits per heavy atom. The van der Waals surface area contributed by atoms with E-state index >= 15 is 0 Å². The second-order valence-electron chi connectivity index (χ2n) is 4.04. The molecule has 0 aliphatic heterocycles. The first-order valence-electron chi connectivity index (χ1n) is 5.45. The third-order valence-corrected chi connectivity index (χ3v) is 3.07. The highest BCUT2D eigenvalue weighted by Gasteiger charge is 2.30. The van der Waals surface area contributed by atoms with Gasteiger partial charge in [-0.3, -0.25) is 9.59 Å². The molecule has 0 heterocycles. The lowest BCUT2D eigenvalue weighted by atomic mass is 9.82. The summed E-state index contributed by atoms with van der Waals surface area (Å²) in [6.45, 7) is 0. The average Bonchev–Trinajstić information content (AvgIpc) is 2.44. The molecule has 2 N–H and O–H groups in total. The molecule has 0 amide bonds. The molecule has 0 saturated carbocycles. The van der Waals surface area contributed by atoms with E-state index in [4.69, 9.17) is 5.26 Å². The minimum absolute atomic E-state index is 0. The first-order chi connectivity index (χ1) is 8.74. The number of benzene rings is 2. The molecule has 0 fully saturated rings. The van der Waals surface area contributed by atoms with E-state index in [1.807, 2.05) is 6.07 Å². The van der Waals surface area contributed by atoms with Gasteiger partial charge in [-0.2, -0.15) is 5.26 Å². The van der Waals surface area contributed by atoms with Crippen molar-refractivity contribution in [3.63, 3.8) is 0 Å². The van der Waals surface area contributed by atoms with Gasteiger partial charge in [-0.15, -0.1) is 0 Å². The van der Waals surface area contributed by atoms with E-state index in [1.54, 1.807) is 42.5 Å². The van der Waals surface area contributed by atoms with Crippen LogP contribution in [0.4, 0.5) is 0 Å². The summed E-state index contributed by atoms with van der Waals surface area (Å²) in [5.41, 5.74) is 1.57. The van der Waals surface area contributed by atoms with Crippen molar-refractivity contribution in [2.45, 2.75) is 0 Å². The van der Waals surface area contributed by atoms with Gasteiger partial charge in [0.2, 0.25) is 0 Å². The first-order valence-corrected chi connectivity index (χ1v) is 5.45. The largest absolute Gasteiger partial charge is 0.412 e. The summed E-state index contributed by atoms with van der Waals surface area (Å²) in [4.78, 5) is 24.6. The van der Waals surface area contributed by atoms with Gasteiger partial charge in [0.15, 0.2) is 11.6 Å². The maximum atomic E-state index is 12.3. The molecule has 0 bridgehead atoms. The van der Waals surface area contributed by atoms with Gasteiger partial charge in [-0.1, -0.05) is 36.4 Å². The molecule has 0 atom stereocenters. The predicted molar refractivity (Wildman–Crippen MR) is 68.1 cm³/mol. The Kier molecular flexibility index (Phi) is 2.99. The van der Waals surface area contributed by atoms with Crippen LogP contribution in [0.5, 0.6) is 0 Å². The zero-order chi connectivity index (χ0) is 12.7. The Labute approximate surface area is 109 Å². The fourth-order valence-electron chi connectivity index (χ4n) is 2.24. The van der Waals surface area contributed by atoms with Gasteiger partial charge < -0.3 is 5.48 Å². The number of hydrogen-bond donors (Lipinski definition) is 0. The number of carbonyl (C=O) groups excluding carboxylic acids is 2. The molecule has 0 aromatic heterocycles. The molecule has 92 valence electrons. The zero-order valence-electron chi connectivity index (χ0n) is 9.81. The quantitative estimate of drug-likeness (QED) is 0.606. The molecule has 2 aromatic rings. The number of carbonyl (C=O) groups is 2. The molecule has 3 rings (SSSR count). The Morgan fingerprint density at radius 2 is 1.37 bits per heavy atom. The topological polar surface area (TPSA) is 89.4 Å². The smallest absolute Gasteiger partial charge is 0.195 e. The van der Waals surface area contributed by atoms with E-state index in [9.17, 15) is 9.59 Å². The van der Waals surface area contributed by atoms with Crippen molar-refractivity contribution in [3.8, 4) is 6.07 Å². The summed E-state index contributed by atoms with van der Waals surface area (Å²) < 4.78 is 0. The molecule has 0 unspecified atom stereocenters. The Morgan fingerprint density at radius 1 is 0.789 bits per heavy atom. The number of nitrogens with zero attached hydrogens (tertiary/aromatic N) is 1. The third-order valence-electron chi connectivity index (χ3n) is 3.07. The minimum Gasteiger partial charge on any atom is -0.412 e. The Bertz CT molecular complexity index is 741. The number of ketones is 2. The van der Waals surface area contributed by atoms with Crippen molar-refractivity contribution >= 4 is 11.6 Å². The van der Waals surface area contributed by atoms with E-state index in [2.05, 4.69) is 0 Å². The van der Waals surface area contributed by atoms with Gasteiger partial charge in [-0.25, -0.2) is 0 Å². The molecule has 1 aliphatic rings. The van der Waals surface area contributed by atoms with Gasteiger partial charge in [0.25, 0.3) is 0 Å². The lowest BCUT2D eigenvalue weighted by Crippen LogP contribution is -2.21. The maximum Gasteiger partial charge on any atom is 0.195 e. The number of hydrogen-bond acceptors (Lipinski definition) is 3. The van der Waals surface area contributed by atoms with Gasteiger partial charge in [0.1, 0.15) is 0 Å². The summed E-state index contributed by atoms with van der Waals surface area (Å²) in [6, 6.07) is 13.4. The van der Waals surface area contributed by atoms with Crippen molar-refractivity contribution in [1.82, 2.24) is 0 Å². The van der Waals surface area contributed by atoms with Crippen molar-refractivity contribution in [2.75, 3.05) is 0 Å². The zero-order valence-corrected chi connectivity index (χ0v) is 9.81. The van der Waals surface area contributed by atoms with Crippen molar-refractivity contribution in [2.24, 2.45) is 0 Å². The van der Waals surface area contributed by atoms with Crippen molar-refractivity contribution in [1.29, 1.82) is 5.26 Å². The molecule has 2 aromatic carbocycles. The normalized spacial score (nSPS) is 11.9. The predicted octanol–water partition coefficient (Wildman–Crippen LogP) is 1.51. The van der Waals surface area contributed by atoms with Crippen LogP contribution in [0.25, 0.3) is 0 Å². The molecule has 0 radical (unpaired) electrons. The lowest BCUT2D eigenvalue weighted by molar-refractivity contribution is 0.0979. The SMILES string of the molecule is N#Cc1cccc2c1C(=O)c1ccccc1C2=O.O. The number of fused-ring (bicyclic) bond motifs is 2. The molecular formula is C15H9NO3. The summed E-state index contributed by atoms with van der Waals surface area (Å²) in [7, 11) is 0. The minimum atomic E-state index is -0.252. The van der Waals surface area contributed by atoms with E-state index < -0.39 is 0 Å². The highest BCUT2D eigenvalue weighted by molar-refractivity contribution is 6.29. The lowest BCUT2D eigenvalue weighted by Gasteiger charge is -2.17. The van der Waals surface area contributed by atoms with E-state index in [-0.39, 0.29) is 28.2 Å². The molecule has 0 saturated heterocycles. The number of nitriles is 1. The second-order valence-corrected chi connectivity index (χ2v) is 4.04. The van der Waals surface area contributed by atoms with Crippen LogP contribution >= 0.6 is 0 Å². The van der Waals surface area contributed by atoms with Crippen LogP contribution < -0.4 is 0 Å². The van der Waals surface area contributed by atoms with Crippen LogP contribution in [-0.2, 0) is 0 Å². The van der Waals surface area contributed by atoms with Gasteiger partial charge in [0.05, 0.1) is 17.2 Å². The summed E-state index contributed by atoms with van der Waals surface area (Å²) >= 11 is 0. The monoisotopic (exact) mass is 251 g/mol. The number of rotatable bonds is 0. The van der Waals surface area contributed by atoms with E-state index in [1.165, 1.54) is 0 Å².